The third-order valence-electron chi connectivity index (χ3n) is 6.25. The molecule has 1 saturated heterocycles. The van der Waals surface area contributed by atoms with E-state index in [0.717, 1.165) is 18.7 Å². The van der Waals surface area contributed by atoms with Crippen molar-refractivity contribution in [1.82, 2.24) is 14.7 Å². The van der Waals surface area contributed by atoms with Gasteiger partial charge in [0.1, 0.15) is 11.6 Å². The van der Waals surface area contributed by atoms with Crippen molar-refractivity contribution in [3.05, 3.63) is 72.4 Å². The van der Waals surface area contributed by atoms with Gasteiger partial charge in [-0.2, -0.15) is 8.42 Å². The van der Waals surface area contributed by atoms with Crippen molar-refractivity contribution in [2.24, 2.45) is 5.92 Å². The van der Waals surface area contributed by atoms with E-state index in [1.54, 1.807) is 30.5 Å². The minimum absolute atomic E-state index is 0.207. The summed E-state index contributed by atoms with van der Waals surface area (Å²) in [5, 5.41) is 2.80. The summed E-state index contributed by atoms with van der Waals surface area (Å²) >= 11 is 0. The summed E-state index contributed by atoms with van der Waals surface area (Å²) in [6.07, 6.45) is 2.58. The van der Waals surface area contributed by atoms with Crippen LogP contribution in [0.3, 0.4) is 0 Å². The number of sulfonamides is 1. The predicted molar refractivity (Wildman–Crippen MR) is 128 cm³/mol. The maximum Gasteiger partial charge on any atom is 0.281 e. The number of anilines is 3. The van der Waals surface area contributed by atoms with E-state index in [9.17, 15) is 13.2 Å². The standard InChI is InChI=1S/C24H27N5O3S/c1-17-14-16-29(24(17,2)3)22-19(11-8-15-25-22)23(30)28-33(31,32)21-13-7-12-20(27-21)26-18-9-5-4-6-10-18/h4-13,15,17H,14,16H2,1-3H3,(H,26,27)(H,28,30). The van der Waals surface area contributed by atoms with Gasteiger partial charge in [0.05, 0.1) is 5.56 Å². The zero-order valence-electron chi connectivity index (χ0n) is 18.8. The average Bonchev–Trinajstić information content (AvgIpc) is 3.06. The molecule has 8 nitrogen and oxygen atoms in total. The Bertz CT molecular complexity index is 1260. The SMILES string of the molecule is CC1CCN(c2ncccc2C(=O)NS(=O)(=O)c2cccc(Nc3ccccc3)n2)C1(C)C. The first-order valence-electron chi connectivity index (χ1n) is 10.8. The van der Waals surface area contributed by atoms with Gasteiger partial charge in [0.15, 0.2) is 5.03 Å². The molecule has 3 aromatic rings. The number of carbonyl (C=O) groups is 1. The Kier molecular flexibility index (Phi) is 6.07. The summed E-state index contributed by atoms with van der Waals surface area (Å²) in [6, 6.07) is 17.1. The molecule has 1 aliphatic heterocycles. The van der Waals surface area contributed by atoms with Gasteiger partial charge in [0.2, 0.25) is 0 Å². The van der Waals surface area contributed by atoms with Crippen molar-refractivity contribution < 1.29 is 13.2 Å². The molecular formula is C24H27N5O3S. The highest BCUT2D eigenvalue weighted by atomic mass is 32.2. The van der Waals surface area contributed by atoms with Gasteiger partial charge in [-0.15, -0.1) is 0 Å². The molecule has 0 spiro atoms. The number of hydrogen-bond donors (Lipinski definition) is 2. The topological polar surface area (TPSA) is 104 Å². The van der Waals surface area contributed by atoms with Gasteiger partial charge >= 0.3 is 0 Å². The fraction of sp³-hybridized carbons (Fsp3) is 0.292. The van der Waals surface area contributed by atoms with Crippen LogP contribution in [-0.4, -0.2) is 36.4 Å². The third kappa shape index (κ3) is 4.68. The van der Waals surface area contributed by atoms with Crippen LogP contribution < -0.4 is 14.9 Å². The lowest BCUT2D eigenvalue weighted by Crippen LogP contribution is -2.43. The van der Waals surface area contributed by atoms with Crippen LogP contribution in [0.4, 0.5) is 17.3 Å². The van der Waals surface area contributed by atoms with E-state index in [0.29, 0.717) is 17.6 Å². The molecule has 1 fully saturated rings. The molecule has 1 aromatic carbocycles. The summed E-state index contributed by atoms with van der Waals surface area (Å²) in [7, 11) is -4.20. The zero-order chi connectivity index (χ0) is 23.6. The predicted octanol–water partition coefficient (Wildman–Crippen LogP) is 3.96. The maximum absolute atomic E-state index is 13.1. The van der Waals surface area contributed by atoms with E-state index in [-0.39, 0.29) is 16.1 Å². The highest BCUT2D eigenvalue weighted by molar-refractivity contribution is 7.90. The lowest BCUT2D eigenvalue weighted by Gasteiger charge is -2.36. The summed E-state index contributed by atoms with van der Waals surface area (Å²) in [5.41, 5.74) is 0.772. The number of nitrogens with zero attached hydrogens (tertiary/aromatic N) is 3. The summed E-state index contributed by atoms with van der Waals surface area (Å²) in [4.78, 5) is 23.8. The van der Waals surface area contributed by atoms with Crippen molar-refractivity contribution in [2.75, 3.05) is 16.8 Å². The third-order valence-corrected chi connectivity index (χ3v) is 7.48. The highest BCUT2D eigenvalue weighted by Crippen LogP contribution is 2.38. The minimum atomic E-state index is -4.20. The van der Waals surface area contributed by atoms with Crippen molar-refractivity contribution in [3.8, 4) is 0 Å². The second kappa shape index (κ2) is 8.82. The van der Waals surface area contributed by atoms with Gasteiger partial charge in [-0.1, -0.05) is 31.2 Å². The molecular weight excluding hydrogens is 438 g/mol. The van der Waals surface area contributed by atoms with Crippen molar-refractivity contribution in [3.63, 3.8) is 0 Å². The second-order valence-corrected chi connectivity index (χ2v) is 10.3. The van der Waals surface area contributed by atoms with Gasteiger partial charge in [-0.3, -0.25) is 4.79 Å². The number of aromatic nitrogens is 2. The largest absolute Gasteiger partial charge is 0.351 e. The molecule has 4 rings (SSSR count). The molecule has 2 aromatic heterocycles. The lowest BCUT2D eigenvalue weighted by molar-refractivity contribution is 0.0981. The molecule has 33 heavy (non-hydrogen) atoms. The van der Waals surface area contributed by atoms with Crippen molar-refractivity contribution in [1.29, 1.82) is 0 Å². The number of amides is 1. The van der Waals surface area contributed by atoms with Crippen LogP contribution in [0.25, 0.3) is 0 Å². The normalized spacial score (nSPS) is 17.5. The highest BCUT2D eigenvalue weighted by Gasteiger charge is 2.40. The summed E-state index contributed by atoms with van der Waals surface area (Å²) in [6.45, 7) is 7.11. The van der Waals surface area contributed by atoms with Gasteiger partial charge < -0.3 is 10.2 Å². The van der Waals surface area contributed by atoms with Gasteiger partial charge in [-0.05, 0) is 62.6 Å². The fourth-order valence-electron chi connectivity index (χ4n) is 3.93. The molecule has 1 unspecified atom stereocenters. The molecule has 172 valence electrons. The molecule has 9 heteroatoms. The number of rotatable bonds is 6. The second-order valence-electron chi connectivity index (χ2n) is 8.66. The quantitative estimate of drug-likeness (QED) is 0.568. The average molecular weight is 466 g/mol. The van der Waals surface area contributed by atoms with Crippen LogP contribution in [0.15, 0.2) is 71.9 Å². The van der Waals surface area contributed by atoms with Gasteiger partial charge in [0, 0.05) is 24.0 Å². The van der Waals surface area contributed by atoms with E-state index < -0.39 is 15.9 Å². The number of hydrogen-bond acceptors (Lipinski definition) is 7. The van der Waals surface area contributed by atoms with E-state index in [1.165, 1.54) is 6.07 Å². The Hall–Kier alpha value is -3.46. The van der Waals surface area contributed by atoms with Crippen LogP contribution >= 0.6 is 0 Å². The smallest absolute Gasteiger partial charge is 0.281 e. The van der Waals surface area contributed by atoms with Crippen LogP contribution in [0, 0.1) is 5.92 Å². The van der Waals surface area contributed by atoms with Crippen LogP contribution in [0.1, 0.15) is 37.6 Å². The first-order chi connectivity index (χ1) is 15.7. The van der Waals surface area contributed by atoms with E-state index in [1.807, 2.05) is 30.3 Å². The van der Waals surface area contributed by atoms with Gasteiger partial charge in [0.25, 0.3) is 15.9 Å². The van der Waals surface area contributed by atoms with E-state index in [2.05, 4.69) is 45.7 Å². The molecule has 1 atom stereocenters. The monoisotopic (exact) mass is 465 g/mol. The summed E-state index contributed by atoms with van der Waals surface area (Å²) in [5.74, 6) is 0.498. The molecule has 1 aliphatic rings. The molecule has 0 aliphatic carbocycles. The Morgan fingerprint density at radius 1 is 1.06 bits per heavy atom. The molecule has 0 radical (unpaired) electrons. The molecule has 0 bridgehead atoms. The van der Waals surface area contributed by atoms with E-state index >= 15 is 0 Å². The molecule has 2 N–H and O–H groups in total. The Morgan fingerprint density at radius 3 is 2.52 bits per heavy atom. The van der Waals surface area contributed by atoms with Gasteiger partial charge in [-0.25, -0.2) is 14.7 Å². The van der Waals surface area contributed by atoms with E-state index in [4.69, 9.17) is 0 Å². The van der Waals surface area contributed by atoms with Crippen LogP contribution in [-0.2, 0) is 10.0 Å². The summed E-state index contributed by atoms with van der Waals surface area (Å²) < 4.78 is 28.1. The number of pyridine rings is 2. The number of benzene rings is 1. The Labute approximate surface area is 194 Å². The molecule has 1 amide bonds. The molecule has 3 heterocycles. The lowest BCUT2D eigenvalue weighted by atomic mass is 9.90. The van der Waals surface area contributed by atoms with Crippen LogP contribution in [0.2, 0.25) is 0 Å². The minimum Gasteiger partial charge on any atom is -0.351 e. The Balaban J connectivity index is 1.58. The first-order valence-corrected chi connectivity index (χ1v) is 12.3. The van der Waals surface area contributed by atoms with Crippen molar-refractivity contribution in [2.45, 2.75) is 37.8 Å². The number of nitrogens with one attached hydrogen (secondary N) is 2. The number of carbonyl (C=O) groups excluding carboxylic acids is 1. The Morgan fingerprint density at radius 2 is 1.82 bits per heavy atom. The molecule has 0 saturated carbocycles. The zero-order valence-corrected chi connectivity index (χ0v) is 19.6. The van der Waals surface area contributed by atoms with Crippen molar-refractivity contribution >= 4 is 33.3 Å². The fourth-order valence-corrected chi connectivity index (χ4v) is 4.87. The first kappa shape index (κ1) is 22.7. The van der Waals surface area contributed by atoms with Crippen LogP contribution in [0.5, 0.6) is 0 Å². The number of para-hydroxylation sites is 1. The maximum atomic E-state index is 13.1.